The van der Waals surface area contributed by atoms with Gasteiger partial charge in [0.1, 0.15) is 12.6 Å². The lowest BCUT2D eigenvalue weighted by Gasteiger charge is -2.35. The third-order valence-corrected chi connectivity index (χ3v) is 11.9. The number of halogens is 4. The molecule has 1 aliphatic rings. The van der Waals surface area contributed by atoms with Crippen molar-refractivity contribution in [3.8, 4) is 0 Å². The van der Waals surface area contributed by atoms with E-state index < -0.39 is 28.5 Å². The molecule has 5 rings (SSSR count). The highest BCUT2D eigenvalue weighted by Crippen LogP contribution is 2.32. The van der Waals surface area contributed by atoms with E-state index in [0.717, 1.165) is 47.5 Å². The van der Waals surface area contributed by atoms with Crippen molar-refractivity contribution in [1.29, 1.82) is 0 Å². The Balaban J connectivity index is 1.59. The number of hydrogen-bond donors (Lipinski definition) is 1. The molecule has 2 amide bonds. The van der Waals surface area contributed by atoms with E-state index in [1.54, 1.807) is 30.3 Å². The molecule has 1 atom stereocenters. The fraction of sp³-hybridized carbons (Fsp3) is 0.297. The van der Waals surface area contributed by atoms with Gasteiger partial charge in [0.05, 0.1) is 30.7 Å². The first-order valence-corrected chi connectivity index (χ1v) is 19.0. The minimum Gasteiger partial charge on any atom is -0.352 e. The number of aryl methyl sites for hydroxylation is 1. The van der Waals surface area contributed by atoms with Gasteiger partial charge in [0, 0.05) is 19.0 Å². The van der Waals surface area contributed by atoms with E-state index in [-0.39, 0.29) is 50.6 Å². The standard InChI is InChI=1S/C37H37Cl4N3O4S/c1-25-12-16-30(17-13-25)49(47,48)44(29-15-19-32(39)34(41)22-29)24-36(45)43(23-27-14-18-31(38)33(40)20-27)35(21-26-8-4-2-5-9-26)37(46)42-28-10-6-3-7-11-28/h2,4-5,8-9,12-20,22,28,35H,3,6-7,10-11,21,23-24H2,1H3,(H,42,46)/t35-/m0/s1. The Morgan fingerprint density at radius 1 is 0.776 bits per heavy atom. The van der Waals surface area contributed by atoms with Crippen LogP contribution in [-0.2, 0) is 32.6 Å². The third-order valence-electron chi connectivity index (χ3n) is 8.64. The molecule has 0 aromatic heterocycles. The molecular formula is C37H37Cl4N3O4S. The van der Waals surface area contributed by atoms with Crippen LogP contribution in [0, 0.1) is 6.92 Å². The maximum atomic E-state index is 14.7. The van der Waals surface area contributed by atoms with Crippen molar-refractivity contribution in [1.82, 2.24) is 10.2 Å². The molecule has 0 aliphatic heterocycles. The molecular weight excluding hydrogens is 724 g/mol. The zero-order chi connectivity index (χ0) is 35.1. The first-order chi connectivity index (χ1) is 23.4. The van der Waals surface area contributed by atoms with E-state index in [4.69, 9.17) is 46.4 Å². The van der Waals surface area contributed by atoms with Crippen LogP contribution in [0.3, 0.4) is 0 Å². The summed E-state index contributed by atoms with van der Waals surface area (Å²) < 4.78 is 29.5. The fourth-order valence-electron chi connectivity index (χ4n) is 5.94. The number of hydrogen-bond acceptors (Lipinski definition) is 4. The molecule has 49 heavy (non-hydrogen) atoms. The quantitative estimate of drug-likeness (QED) is 0.156. The van der Waals surface area contributed by atoms with E-state index >= 15 is 0 Å². The summed E-state index contributed by atoms with van der Waals surface area (Å²) in [7, 11) is -4.30. The summed E-state index contributed by atoms with van der Waals surface area (Å²) in [5, 5.41) is 4.18. The molecule has 12 heteroatoms. The van der Waals surface area contributed by atoms with Gasteiger partial charge in [-0.25, -0.2) is 8.42 Å². The molecule has 0 unspecified atom stereocenters. The van der Waals surface area contributed by atoms with Gasteiger partial charge in [-0.05, 0) is 73.4 Å². The Morgan fingerprint density at radius 2 is 1.41 bits per heavy atom. The van der Waals surface area contributed by atoms with Crippen molar-refractivity contribution in [2.24, 2.45) is 0 Å². The molecule has 0 radical (unpaired) electrons. The smallest absolute Gasteiger partial charge is 0.264 e. The minimum atomic E-state index is -4.30. The van der Waals surface area contributed by atoms with Crippen molar-refractivity contribution in [2.45, 2.75) is 69.0 Å². The molecule has 1 N–H and O–H groups in total. The number of nitrogens with one attached hydrogen (secondary N) is 1. The van der Waals surface area contributed by atoms with Crippen LogP contribution in [0.15, 0.2) is 95.9 Å². The number of amides is 2. The Hall–Kier alpha value is -3.27. The van der Waals surface area contributed by atoms with Crippen molar-refractivity contribution < 1.29 is 18.0 Å². The number of sulfonamides is 1. The molecule has 0 heterocycles. The monoisotopic (exact) mass is 759 g/mol. The van der Waals surface area contributed by atoms with Crippen molar-refractivity contribution in [2.75, 3.05) is 10.8 Å². The molecule has 7 nitrogen and oxygen atoms in total. The van der Waals surface area contributed by atoms with Crippen LogP contribution in [0.4, 0.5) is 5.69 Å². The average Bonchev–Trinajstić information content (AvgIpc) is 3.09. The second-order valence-electron chi connectivity index (χ2n) is 12.2. The van der Waals surface area contributed by atoms with Gasteiger partial charge in [-0.15, -0.1) is 0 Å². The zero-order valence-corrected chi connectivity index (χ0v) is 30.8. The first kappa shape index (κ1) is 37.0. The Morgan fingerprint density at radius 3 is 2.04 bits per heavy atom. The maximum absolute atomic E-state index is 14.7. The highest BCUT2D eigenvalue weighted by atomic mass is 35.5. The lowest BCUT2D eigenvalue weighted by atomic mass is 9.94. The maximum Gasteiger partial charge on any atom is 0.264 e. The summed E-state index contributed by atoms with van der Waals surface area (Å²) in [4.78, 5) is 30.4. The second-order valence-corrected chi connectivity index (χ2v) is 15.7. The normalized spacial score (nSPS) is 14.2. The van der Waals surface area contributed by atoms with Crippen molar-refractivity contribution in [3.63, 3.8) is 0 Å². The van der Waals surface area contributed by atoms with Crippen LogP contribution >= 0.6 is 46.4 Å². The van der Waals surface area contributed by atoms with Gasteiger partial charge in [-0.3, -0.25) is 13.9 Å². The van der Waals surface area contributed by atoms with Crippen molar-refractivity contribution >= 4 is 73.9 Å². The second kappa shape index (κ2) is 16.6. The van der Waals surface area contributed by atoms with Gasteiger partial charge in [-0.2, -0.15) is 0 Å². The number of anilines is 1. The number of nitrogens with zero attached hydrogens (tertiary/aromatic N) is 2. The molecule has 4 aromatic rings. The van der Waals surface area contributed by atoms with Gasteiger partial charge >= 0.3 is 0 Å². The van der Waals surface area contributed by atoms with Crippen LogP contribution in [0.5, 0.6) is 0 Å². The SMILES string of the molecule is Cc1ccc(S(=O)(=O)N(CC(=O)N(Cc2ccc(Cl)c(Cl)c2)[C@@H](Cc2ccccc2)C(=O)NC2CCCCC2)c2ccc(Cl)c(Cl)c2)cc1. The van der Waals surface area contributed by atoms with E-state index in [1.165, 1.54) is 35.2 Å². The van der Waals surface area contributed by atoms with Gasteiger partial charge < -0.3 is 10.2 Å². The minimum absolute atomic E-state index is 0.0103. The van der Waals surface area contributed by atoms with Gasteiger partial charge in [0.2, 0.25) is 11.8 Å². The summed E-state index contributed by atoms with van der Waals surface area (Å²) in [5.41, 5.74) is 2.47. The van der Waals surface area contributed by atoms with E-state index in [9.17, 15) is 18.0 Å². The number of carbonyl (C=O) groups is 2. The predicted molar refractivity (Wildman–Crippen MR) is 198 cm³/mol. The lowest BCUT2D eigenvalue weighted by molar-refractivity contribution is -0.140. The summed E-state index contributed by atoms with van der Waals surface area (Å²) in [5.74, 6) is -0.917. The van der Waals surface area contributed by atoms with Crippen LogP contribution in [-0.4, -0.2) is 43.8 Å². The van der Waals surface area contributed by atoms with Crippen LogP contribution in [0.1, 0.15) is 48.8 Å². The molecule has 1 aliphatic carbocycles. The van der Waals surface area contributed by atoms with E-state index in [1.807, 2.05) is 37.3 Å². The lowest BCUT2D eigenvalue weighted by Crippen LogP contribution is -2.55. The highest BCUT2D eigenvalue weighted by Gasteiger charge is 2.35. The van der Waals surface area contributed by atoms with E-state index in [0.29, 0.717) is 10.6 Å². The summed E-state index contributed by atoms with van der Waals surface area (Å²) in [6.07, 6.45) is 5.03. The van der Waals surface area contributed by atoms with Crippen LogP contribution in [0.2, 0.25) is 20.1 Å². The number of carbonyl (C=O) groups excluding carboxylic acids is 2. The molecule has 4 aromatic carbocycles. The van der Waals surface area contributed by atoms with Crippen molar-refractivity contribution in [3.05, 3.63) is 128 Å². The molecule has 0 bridgehead atoms. The zero-order valence-electron chi connectivity index (χ0n) is 26.9. The predicted octanol–water partition coefficient (Wildman–Crippen LogP) is 8.89. The Kier molecular flexibility index (Phi) is 12.6. The van der Waals surface area contributed by atoms with Gasteiger partial charge in [-0.1, -0.05) is 120 Å². The molecule has 0 spiro atoms. The molecule has 258 valence electrons. The Bertz CT molecular complexity index is 1890. The molecule has 1 saturated carbocycles. The fourth-order valence-corrected chi connectivity index (χ4v) is 7.96. The molecule has 1 fully saturated rings. The first-order valence-electron chi connectivity index (χ1n) is 16.0. The highest BCUT2D eigenvalue weighted by molar-refractivity contribution is 7.92. The summed E-state index contributed by atoms with van der Waals surface area (Å²) in [6.45, 7) is 1.19. The van der Waals surface area contributed by atoms with Crippen LogP contribution in [0.25, 0.3) is 0 Å². The summed E-state index contributed by atoms with van der Waals surface area (Å²) in [6, 6.07) is 24.1. The topological polar surface area (TPSA) is 86.8 Å². The largest absolute Gasteiger partial charge is 0.352 e. The number of rotatable bonds is 12. The number of benzene rings is 4. The third kappa shape index (κ3) is 9.50. The van der Waals surface area contributed by atoms with Crippen LogP contribution < -0.4 is 9.62 Å². The summed E-state index contributed by atoms with van der Waals surface area (Å²) >= 11 is 25.2. The molecule has 0 saturated heterocycles. The Labute approximate surface area is 308 Å². The average molecular weight is 762 g/mol. The van der Waals surface area contributed by atoms with Gasteiger partial charge in [0.15, 0.2) is 0 Å². The van der Waals surface area contributed by atoms with Gasteiger partial charge in [0.25, 0.3) is 10.0 Å². The van der Waals surface area contributed by atoms with E-state index in [2.05, 4.69) is 5.32 Å².